The first-order valence-corrected chi connectivity index (χ1v) is 15.3. The van der Waals surface area contributed by atoms with Gasteiger partial charge in [-0.15, -0.1) is 0 Å². The number of nitrogens with zero attached hydrogens (tertiary/aromatic N) is 6. The van der Waals surface area contributed by atoms with E-state index in [-0.39, 0.29) is 41.5 Å². The summed E-state index contributed by atoms with van der Waals surface area (Å²) in [6.45, 7) is 6.45. The minimum atomic E-state index is -4.43. The quantitative estimate of drug-likeness (QED) is 0.142. The van der Waals surface area contributed by atoms with Crippen LogP contribution in [0.2, 0.25) is 0 Å². The summed E-state index contributed by atoms with van der Waals surface area (Å²) < 4.78 is 65.8. The summed E-state index contributed by atoms with van der Waals surface area (Å²) in [7, 11) is 0. The topological polar surface area (TPSA) is 127 Å². The van der Waals surface area contributed by atoms with Crippen LogP contribution >= 0.6 is 0 Å². The van der Waals surface area contributed by atoms with Crippen LogP contribution in [-0.2, 0) is 11.3 Å². The Morgan fingerprint density at radius 1 is 1.21 bits per heavy atom. The number of morpholine rings is 1. The van der Waals surface area contributed by atoms with E-state index in [4.69, 9.17) is 19.2 Å². The lowest BCUT2D eigenvalue weighted by atomic mass is 9.80. The van der Waals surface area contributed by atoms with E-state index in [1.165, 1.54) is 6.08 Å². The second-order valence-corrected chi connectivity index (χ2v) is 11.7. The zero-order chi connectivity index (χ0) is 33.1. The molecule has 248 valence electrons. The van der Waals surface area contributed by atoms with Crippen LogP contribution in [0.1, 0.15) is 44.2 Å². The Morgan fingerprint density at radius 2 is 2.00 bits per heavy atom. The van der Waals surface area contributed by atoms with Crippen molar-refractivity contribution >= 4 is 22.9 Å². The summed E-state index contributed by atoms with van der Waals surface area (Å²) in [6.07, 6.45) is 0.858. The van der Waals surface area contributed by atoms with Gasteiger partial charge in [0.15, 0.2) is 11.5 Å². The number of alkyl halides is 3. The number of halogens is 4. The van der Waals surface area contributed by atoms with Gasteiger partial charge in [0.25, 0.3) is 0 Å². The standard InChI is InChI=1S/C32H34F4N8O3/c1-19(33)16-21(8-7-13-32(34,35)36)17-44-25-26(37-20(2)22-11-6-12-22)38-28(29-41-31(45)47-42-29)39-27(25)40-30(44)43-14-15-46-18-24(43)23-9-4-3-5-10-23/h3-5,7-10,16,20,22,24H,1,6,11-15,17-18H2,2H3,(H,37,38,39)(H,41,42,45)/b8-7-,21-16+/t20-,24?/m1/s1. The molecule has 1 aromatic carbocycles. The van der Waals surface area contributed by atoms with Crippen molar-refractivity contribution in [3.05, 3.63) is 82.7 Å². The monoisotopic (exact) mass is 654 g/mol. The molecule has 11 nitrogen and oxygen atoms in total. The van der Waals surface area contributed by atoms with Gasteiger partial charge in [0.2, 0.25) is 17.6 Å². The van der Waals surface area contributed by atoms with Crippen molar-refractivity contribution < 1.29 is 26.8 Å². The van der Waals surface area contributed by atoms with Crippen molar-refractivity contribution in [2.75, 3.05) is 30.0 Å². The first-order chi connectivity index (χ1) is 22.6. The summed E-state index contributed by atoms with van der Waals surface area (Å²) in [5.74, 6) is -0.346. The highest BCUT2D eigenvalue weighted by atomic mass is 19.4. The van der Waals surface area contributed by atoms with Gasteiger partial charge < -0.3 is 19.5 Å². The van der Waals surface area contributed by atoms with Gasteiger partial charge in [-0.3, -0.25) is 9.51 Å². The minimum absolute atomic E-state index is 0.00489. The summed E-state index contributed by atoms with van der Waals surface area (Å²) in [4.78, 5) is 30.6. The van der Waals surface area contributed by atoms with E-state index >= 15 is 0 Å². The number of H-pyrrole nitrogens is 1. The fraction of sp³-hybridized carbons (Fsp3) is 0.406. The number of aromatic nitrogens is 6. The molecule has 2 fully saturated rings. The molecular formula is C32H34F4N8O3. The predicted octanol–water partition coefficient (Wildman–Crippen LogP) is 6.27. The zero-order valence-corrected chi connectivity index (χ0v) is 25.6. The van der Waals surface area contributed by atoms with E-state index in [2.05, 4.69) is 27.0 Å². The first kappa shape index (κ1) is 32.2. The molecule has 1 aliphatic carbocycles. The molecule has 0 radical (unpaired) electrons. The number of benzene rings is 1. The molecule has 4 heterocycles. The molecular weight excluding hydrogens is 620 g/mol. The molecule has 2 N–H and O–H groups in total. The van der Waals surface area contributed by atoms with E-state index in [9.17, 15) is 22.4 Å². The molecule has 2 atom stereocenters. The maximum atomic E-state index is 14.3. The fourth-order valence-corrected chi connectivity index (χ4v) is 5.87. The summed E-state index contributed by atoms with van der Waals surface area (Å²) >= 11 is 0. The molecule has 15 heteroatoms. The Bertz CT molecular complexity index is 1840. The molecule has 0 amide bonds. The zero-order valence-electron chi connectivity index (χ0n) is 25.6. The lowest BCUT2D eigenvalue weighted by Gasteiger charge is -2.37. The molecule has 0 bridgehead atoms. The number of hydrogen-bond acceptors (Lipinski definition) is 9. The molecule has 4 aromatic rings. The van der Waals surface area contributed by atoms with Crippen molar-refractivity contribution in [3.63, 3.8) is 0 Å². The molecule has 2 aliphatic rings. The average molecular weight is 655 g/mol. The van der Waals surface area contributed by atoms with Gasteiger partial charge in [-0.1, -0.05) is 60.6 Å². The molecule has 47 heavy (non-hydrogen) atoms. The van der Waals surface area contributed by atoms with Crippen LogP contribution in [0.25, 0.3) is 22.8 Å². The third kappa shape index (κ3) is 7.45. The van der Waals surface area contributed by atoms with Gasteiger partial charge in [0.05, 0.1) is 32.2 Å². The number of allylic oxidation sites excluding steroid dienone is 5. The number of aromatic amines is 1. The molecule has 1 saturated carbocycles. The second kappa shape index (κ2) is 13.5. The second-order valence-electron chi connectivity index (χ2n) is 11.7. The third-order valence-corrected chi connectivity index (χ3v) is 8.39. The highest BCUT2D eigenvalue weighted by Gasteiger charge is 2.32. The van der Waals surface area contributed by atoms with Gasteiger partial charge in [-0.25, -0.2) is 19.2 Å². The van der Waals surface area contributed by atoms with Crippen LogP contribution in [0.3, 0.4) is 0 Å². The number of ether oxygens (including phenoxy) is 1. The fourth-order valence-electron chi connectivity index (χ4n) is 5.87. The van der Waals surface area contributed by atoms with Crippen LogP contribution < -0.4 is 16.0 Å². The Balaban J connectivity index is 1.55. The summed E-state index contributed by atoms with van der Waals surface area (Å²) in [6, 6.07) is 9.43. The summed E-state index contributed by atoms with van der Waals surface area (Å²) in [5.41, 5.74) is 1.86. The van der Waals surface area contributed by atoms with Crippen molar-refractivity contribution in [1.82, 2.24) is 29.7 Å². The van der Waals surface area contributed by atoms with Gasteiger partial charge in [0.1, 0.15) is 11.3 Å². The first-order valence-electron chi connectivity index (χ1n) is 15.3. The van der Waals surface area contributed by atoms with E-state index in [1.54, 1.807) is 4.57 Å². The van der Waals surface area contributed by atoms with Crippen LogP contribution in [0.15, 0.2) is 75.9 Å². The smallest absolute Gasteiger partial charge is 0.377 e. The highest BCUT2D eigenvalue weighted by molar-refractivity contribution is 5.88. The molecule has 1 unspecified atom stereocenters. The Kier molecular flexibility index (Phi) is 9.25. The van der Waals surface area contributed by atoms with E-state index in [1.807, 2.05) is 42.2 Å². The van der Waals surface area contributed by atoms with Crippen LogP contribution in [0.5, 0.6) is 0 Å². The minimum Gasteiger partial charge on any atom is -0.377 e. The number of hydrogen-bond donors (Lipinski definition) is 2. The third-order valence-electron chi connectivity index (χ3n) is 8.39. The van der Waals surface area contributed by atoms with Gasteiger partial charge in [0, 0.05) is 12.6 Å². The lowest BCUT2D eigenvalue weighted by Crippen LogP contribution is -2.41. The highest BCUT2D eigenvalue weighted by Crippen LogP contribution is 2.37. The van der Waals surface area contributed by atoms with Crippen molar-refractivity contribution in [3.8, 4) is 11.6 Å². The van der Waals surface area contributed by atoms with Crippen LogP contribution in [0, 0.1) is 5.92 Å². The molecule has 6 rings (SSSR count). The average Bonchev–Trinajstić information content (AvgIpc) is 3.59. The van der Waals surface area contributed by atoms with Crippen molar-refractivity contribution in [2.45, 2.75) is 57.4 Å². The Hall–Kier alpha value is -4.79. The molecule has 1 aliphatic heterocycles. The lowest BCUT2D eigenvalue weighted by molar-refractivity contribution is -0.125. The molecule has 3 aromatic heterocycles. The summed E-state index contributed by atoms with van der Waals surface area (Å²) in [5, 5.41) is 7.26. The normalized spacial score (nSPS) is 18.5. The van der Waals surface area contributed by atoms with Gasteiger partial charge >= 0.3 is 11.9 Å². The number of fused-ring (bicyclic) bond motifs is 1. The van der Waals surface area contributed by atoms with Crippen molar-refractivity contribution in [1.29, 1.82) is 0 Å². The van der Waals surface area contributed by atoms with Crippen molar-refractivity contribution in [2.24, 2.45) is 5.92 Å². The number of imidazole rings is 1. The largest absolute Gasteiger partial charge is 0.439 e. The molecule has 1 saturated heterocycles. The number of rotatable bonds is 11. The Labute approximate surface area is 267 Å². The van der Waals surface area contributed by atoms with E-state index < -0.39 is 24.2 Å². The molecule has 0 spiro atoms. The van der Waals surface area contributed by atoms with E-state index in [0.717, 1.165) is 37.0 Å². The van der Waals surface area contributed by atoms with E-state index in [0.29, 0.717) is 43.0 Å². The van der Waals surface area contributed by atoms with Gasteiger partial charge in [-0.05, 0) is 42.9 Å². The number of nitrogens with one attached hydrogen (secondary N) is 2. The Morgan fingerprint density at radius 3 is 2.66 bits per heavy atom. The SMILES string of the molecule is C=C(F)/C=C(\C=C/CC(F)(F)F)Cn1c(N2CCOCC2c2ccccc2)nc2nc(-c3noc(=O)[nH]3)nc(N[C@H](C)C3CCC3)c21. The van der Waals surface area contributed by atoms with Crippen LogP contribution in [0.4, 0.5) is 29.3 Å². The maximum absolute atomic E-state index is 14.3. The maximum Gasteiger partial charge on any atom is 0.439 e. The van der Waals surface area contributed by atoms with Crippen LogP contribution in [-0.4, -0.2) is 61.6 Å². The number of anilines is 2. The predicted molar refractivity (Wildman–Crippen MR) is 167 cm³/mol. The van der Waals surface area contributed by atoms with Gasteiger partial charge in [-0.2, -0.15) is 18.2 Å².